The molecule has 1 aromatic rings. The largest absolute Gasteiger partial charge is 0.411 e. The number of aromatic nitrogens is 2. The lowest BCUT2D eigenvalue weighted by Crippen LogP contribution is -2.56. The molecule has 11 heteroatoms. The third-order valence-corrected chi connectivity index (χ3v) is 6.35. The Bertz CT molecular complexity index is 795. The van der Waals surface area contributed by atoms with Crippen LogP contribution in [0.2, 0.25) is 0 Å². The second-order valence-corrected chi connectivity index (χ2v) is 9.06. The van der Waals surface area contributed by atoms with Gasteiger partial charge in [-0.1, -0.05) is 24.2 Å². The van der Waals surface area contributed by atoms with Gasteiger partial charge in [0.05, 0.1) is 29.0 Å². The number of oxime groups is 2. The molecule has 1 rings (SSSR count). The first-order valence-electron chi connectivity index (χ1n) is 10.4. The van der Waals surface area contributed by atoms with Crippen LogP contribution in [0.5, 0.6) is 0 Å². The SMILES string of the molecule is CCC(CC)(CNC(C)(C)/C(C)=N/O)CNC(C)(C)/C(Cn1cnc([N+](=O)[O-])c1)=N/O. The average Bonchev–Trinajstić information content (AvgIpc) is 3.21. The van der Waals surface area contributed by atoms with E-state index in [-0.39, 0.29) is 17.8 Å². The molecule has 0 atom stereocenters. The molecule has 0 aliphatic rings. The fourth-order valence-corrected chi connectivity index (χ4v) is 3.04. The lowest BCUT2D eigenvalue weighted by atomic mass is 9.80. The van der Waals surface area contributed by atoms with Gasteiger partial charge in [-0.15, -0.1) is 0 Å². The van der Waals surface area contributed by atoms with Crippen LogP contribution in [0.4, 0.5) is 5.82 Å². The fourth-order valence-electron chi connectivity index (χ4n) is 3.04. The maximum Gasteiger partial charge on any atom is 0.381 e. The van der Waals surface area contributed by atoms with Crippen molar-refractivity contribution in [2.24, 2.45) is 15.7 Å². The highest BCUT2D eigenvalue weighted by molar-refractivity contribution is 5.92. The quantitative estimate of drug-likeness (QED) is 0.160. The highest BCUT2D eigenvalue weighted by atomic mass is 16.6. The van der Waals surface area contributed by atoms with Crippen LogP contribution in [0.3, 0.4) is 0 Å². The zero-order valence-electron chi connectivity index (χ0n) is 19.6. The van der Waals surface area contributed by atoms with E-state index in [0.29, 0.717) is 24.5 Å². The Hall–Kier alpha value is -2.53. The van der Waals surface area contributed by atoms with Crippen molar-refractivity contribution in [1.82, 2.24) is 20.2 Å². The molecule has 4 N–H and O–H groups in total. The van der Waals surface area contributed by atoms with E-state index < -0.39 is 16.0 Å². The van der Waals surface area contributed by atoms with E-state index in [2.05, 4.69) is 39.8 Å². The number of rotatable bonds is 13. The maximum atomic E-state index is 10.8. The van der Waals surface area contributed by atoms with Crippen LogP contribution in [-0.2, 0) is 6.54 Å². The Morgan fingerprint density at radius 1 is 1.13 bits per heavy atom. The van der Waals surface area contributed by atoms with E-state index in [0.717, 1.165) is 12.8 Å². The van der Waals surface area contributed by atoms with Gasteiger partial charge in [-0.25, -0.2) is 0 Å². The summed E-state index contributed by atoms with van der Waals surface area (Å²) in [6, 6.07) is 0. The van der Waals surface area contributed by atoms with Crippen molar-refractivity contribution in [2.75, 3.05) is 13.1 Å². The van der Waals surface area contributed by atoms with Gasteiger partial charge in [-0.2, -0.15) is 0 Å². The van der Waals surface area contributed by atoms with Crippen molar-refractivity contribution >= 4 is 17.2 Å². The maximum absolute atomic E-state index is 10.8. The van der Waals surface area contributed by atoms with Gasteiger partial charge in [0.1, 0.15) is 6.20 Å². The Kier molecular flexibility index (Phi) is 9.12. The van der Waals surface area contributed by atoms with E-state index >= 15 is 0 Å². The Balaban J connectivity index is 2.90. The summed E-state index contributed by atoms with van der Waals surface area (Å²) in [5.74, 6) is -0.255. The third-order valence-electron chi connectivity index (χ3n) is 6.35. The molecule has 0 spiro atoms. The normalized spacial score (nSPS) is 14.2. The van der Waals surface area contributed by atoms with Crippen molar-refractivity contribution in [2.45, 2.75) is 78.9 Å². The van der Waals surface area contributed by atoms with Crippen LogP contribution < -0.4 is 10.6 Å². The molecule has 1 heterocycles. The second kappa shape index (κ2) is 10.7. The van der Waals surface area contributed by atoms with Crippen LogP contribution >= 0.6 is 0 Å². The molecule has 0 aliphatic carbocycles. The van der Waals surface area contributed by atoms with E-state index in [4.69, 9.17) is 5.21 Å². The molecule has 31 heavy (non-hydrogen) atoms. The van der Waals surface area contributed by atoms with Crippen molar-refractivity contribution in [1.29, 1.82) is 0 Å². The van der Waals surface area contributed by atoms with Crippen molar-refractivity contribution in [3.8, 4) is 0 Å². The molecule has 11 nitrogen and oxygen atoms in total. The van der Waals surface area contributed by atoms with Crippen LogP contribution in [-0.4, -0.2) is 60.5 Å². The highest BCUT2D eigenvalue weighted by Gasteiger charge is 2.34. The lowest BCUT2D eigenvalue weighted by molar-refractivity contribution is -0.389. The first kappa shape index (κ1) is 26.5. The van der Waals surface area contributed by atoms with Crippen molar-refractivity contribution in [3.05, 3.63) is 22.6 Å². The van der Waals surface area contributed by atoms with Gasteiger partial charge in [-0.05, 0) is 62.8 Å². The molecule has 0 aromatic carbocycles. The Labute approximate surface area is 183 Å². The smallest absolute Gasteiger partial charge is 0.381 e. The predicted molar refractivity (Wildman–Crippen MR) is 120 cm³/mol. The van der Waals surface area contributed by atoms with E-state index in [1.807, 2.05) is 27.7 Å². The standard InChI is InChI=1S/C20H37N7O4/c1-8-20(9-2,12-22-18(4,5)15(3)24-28)13-23-19(6,7)16(25-29)10-26-11-17(21-14-26)27(30)31/h11,14,22-23,28-29H,8-10,12-13H2,1-7H3/b24-15+,25-16+. The van der Waals surface area contributed by atoms with Crippen molar-refractivity contribution < 1.29 is 15.3 Å². The summed E-state index contributed by atoms with van der Waals surface area (Å²) in [6.45, 7) is 15.3. The van der Waals surface area contributed by atoms with Gasteiger partial charge in [0.2, 0.25) is 6.33 Å². The van der Waals surface area contributed by atoms with Crippen LogP contribution in [0.1, 0.15) is 61.3 Å². The molecule has 0 radical (unpaired) electrons. The molecule has 0 saturated heterocycles. The van der Waals surface area contributed by atoms with Gasteiger partial charge in [-0.3, -0.25) is 0 Å². The highest BCUT2D eigenvalue weighted by Crippen LogP contribution is 2.27. The first-order valence-corrected chi connectivity index (χ1v) is 10.4. The number of nitrogens with zero attached hydrogens (tertiary/aromatic N) is 5. The molecule has 176 valence electrons. The summed E-state index contributed by atoms with van der Waals surface area (Å²) in [5, 5.41) is 43.4. The summed E-state index contributed by atoms with van der Waals surface area (Å²) in [6.07, 6.45) is 4.47. The summed E-state index contributed by atoms with van der Waals surface area (Å²) in [4.78, 5) is 14.0. The van der Waals surface area contributed by atoms with E-state index in [1.54, 1.807) is 6.92 Å². The minimum absolute atomic E-state index is 0.0847. The number of nitro groups is 1. The Morgan fingerprint density at radius 3 is 2.10 bits per heavy atom. The number of nitrogens with one attached hydrogen (secondary N) is 2. The van der Waals surface area contributed by atoms with Crippen LogP contribution in [0.15, 0.2) is 22.8 Å². The molecule has 0 aliphatic heterocycles. The van der Waals surface area contributed by atoms with E-state index in [1.165, 1.54) is 17.1 Å². The number of imidazole rings is 1. The summed E-state index contributed by atoms with van der Waals surface area (Å²) in [7, 11) is 0. The van der Waals surface area contributed by atoms with Gasteiger partial charge in [0.15, 0.2) is 0 Å². The predicted octanol–water partition coefficient (Wildman–Crippen LogP) is 3.01. The molecule has 1 aromatic heterocycles. The van der Waals surface area contributed by atoms with Crippen molar-refractivity contribution in [3.63, 3.8) is 0 Å². The molecule has 0 unspecified atom stereocenters. The molecule has 0 amide bonds. The minimum Gasteiger partial charge on any atom is -0.411 e. The summed E-state index contributed by atoms with van der Waals surface area (Å²) >= 11 is 0. The molecule has 0 bridgehead atoms. The van der Waals surface area contributed by atoms with Crippen LogP contribution in [0.25, 0.3) is 0 Å². The third kappa shape index (κ3) is 7.00. The van der Waals surface area contributed by atoms with Gasteiger partial charge in [0, 0.05) is 13.1 Å². The summed E-state index contributed by atoms with van der Waals surface area (Å²) in [5.41, 5.74) is -0.170. The lowest BCUT2D eigenvalue weighted by Gasteiger charge is -2.39. The van der Waals surface area contributed by atoms with Crippen LogP contribution in [0, 0.1) is 15.5 Å². The van der Waals surface area contributed by atoms with E-state index in [9.17, 15) is 15.3 Å². The first-order chi connectivity index (χ1) is 14.4. The minimum atomic E-state index is -0.665. The van der Waals surface area contributed by atoms with Gasteiger partial charge < -0.3 is 35.7 Å². The molecular formula is C20H37N7O4. The zero-order valence-corrected chi connectivity index (χ0v) is 19.6. The monoisotopic (exact) mass is 439 g/mol. The molecule has 0 fully saturated rings. The second-order valence-electron chi connectivity index (χ2n) is 9.06. The molecular weight excluding hydrogens is 402 g/mol. The fraction of sp³-hybridized carbons (Fsp3) is 0.750. The zero-order chi connectivity index (χ0) is 23.9. The number of hydrogen-bond donors (Lipinski definition) is 4. The van der Waals surface area contributed by atoms with Gasteiger partial charge in [0.25, 0.3) is 0 Å². The summed E-state index contributed by atoms with van der Waals surface area (Å²) < 4.78 is 1.52. The number of hydrogen-bond acceptors (Lipinski definition) is 9. The topological polar surface area (TPSA) is 150 Å². The molecule has 0 saturated carbocycles. The van der Waals surface area contributed by atoms with Gasteiger partial charge >= 0.3 is 5.82 Å². The Morgan fingerprint density at radius 2 is 1.68 bits per heavy atom. The average molecular weight is 440 g/mol.